The molecule has 1 saturated heterocycles. The van der Waals surface area contributed by atoms with Crippen molar-refractivity contribution in [3.05, 3.63) is 64.7 Å². The number of para-hydroxylation sites is 1. The number of nitrogens with zero attached hydrogens (tertiary/aromatic N) is 2. The smallest absolute Gasteiger partial charge is 0.0915 e. The molecule has 0 unspecified atom stereocenters. The van der Waals surface area contributed by atoms with Gasteiger partial charge in [-0.3, -0.25) is 0 Å². The Morgan fingerprint density at radius 2 is 1.93 bits per heavy atom. The number of piperidine rings is 1. The summed E-state index contributed by atoms with van der Waals surface area (Å²) in [7, 11) is 4.40. The summed E-state index contributed by atoms with van der Waals surface area (Å²) in [4.78, 5) is 4.83. The standard InChI is InChI=1S/C22H30ClN3O/c1-25-12-10-20(11-13-25)26(2)21-9-4-3-6-18(21)15-24-16-22(27)17-7-5-8-19(23)14-17/h3-9,14,20,22,24,27H,10-13,15-16H2,1-2H3/t22-/m1/s1. The molecule has 2 N–H and O–H groups in total. The average Bonchev–Trinajstić information content (AvgIpc) is 2.68. The molecule has 1 heterocycles. The molecule has 0 aliphatic carbocycles. The van der Waals surface area contributed by atoms with E-state index in [1.54, 1.807) is 0 Å². The summed E-state index contributed by atoms with van der Waals surface area (Å²) in [5.74, 6) is 0. The minimum Gasteiger partial charge on any atom is -0.387 e. The molecule has 3 rings (SSSR count). The summed E-state index contributed by atoms with van der Waals surface area (Å²) in [6.45, 7) is 3.53. The van der Waals surface area contributed by atoms with Gasteiger partial charge in [-0.25, -0.2) is 0 Å². The van der Waals surface area contributed by atoms with Crippen LogP contribution in [-0.2, 0) is 6.54 Å². The van der Waals surface area contributed by atoms with Crippen LogP contribution in [0.15, 0.2) is 48.5 Å². The van der Waals surface area contributed by atoms with Crippen molar-refractivity contribution >= 4 is 17.3 Å². The highest BCUT2D eigenvalue weighted by molar-refractivity contribution is 6.30. The molecule has 2 aromatic rings. The van der Waals surface area contributed by atoms with Gasteiger partial charge in [-0.15, -0.1) is 0 Å². The van der Waals surface area contributed by atoms with Crippen LogP contribution in [0.3, 0.4) is 0 Å². The Labute approximate surface area is 167 Å². The van der Waals surface area contributed by atoms with Gasteiger partial charge >= 0.3 is 0 Å². The maximum atomic E-state index is 10.4. The van der Waals surface area contributed by atoms with E-state index < -0.39 is 6.10 Å². The molecule has 1 atom stereocenters. The van der Waals surface area contributed by atoms with Crippen LogP contribution in [-0.4, -0.2) is 49.8 Å². The maximum absolute atomic E-state index is 10.4. The van der Waals surface area contributed by atoms with Gasteiger partial charge in [-0.2, -0.15) is 0 Å². The molecule has 146 valence electrons. The lowest BCUT2D eigenvalue weighted by Gasteiger charge is -2.37. The fraction of sp³-hybridized carbons (Fsp3) is 0.455. The topological polar surface area (TPSA) is 38.7 Å². The van der Waals surface area contributed by atoms with Crippen molar-refractivity contribution in [3.8, 4) is 0 Å². The molecule has 1 aliphatic rings. The van der Waals surface area contributed by atoms with E-state index in [2.05, 4.69) is 53.5 Å². The Kier molecular flexibility index (Phi) is 7.13. The Bertz CT molecular complexity index is 731. The number of rotatable bonds is 7. The molecule has 0 bridgehead atoms. The van der Waals surface area contributed by atoms with Crippen LogP contribution in [0.4, 0.5) is 5.69 Å². The fourth-order valence-corrected chi connectivity index (χ4v) is 3.96. The number of benzene rings is 2. The lowest BCUT2D eigenvalue weighted by atomic mass is 10.0. The van der Waals surface area contributed by atoms with E-state index in [9.17, 15) is 5.11 Å². The summed E-state index contributed by atoms with van der Waals surface area (Å²) in [6, 6.07) is 16.5. The van der Waals surface area contributed by atoms with Crippen molar-refractivity contribution in [1.82, 2.24) is 10.2 Å². The monoisotopic (exact) mass is 387 g/mol. The number of hydrogen-bond acceptors (Lipinski definition) is 4. The second-order valence-corrected chi connectivity index (χ2v) is 7.91. The van der Waals surface area contributed by atoms with Gasteiger partial charge in [0.25, 0.3) is 0 Å². The first kappa shape index (κ1) is 20.2. The number of anilines is 1. The van der Waals surface area contributed by atoms with Crippen molar-refractivity contribution in [3.63, 3.8) is 0 Å². The van der Waals surface area contributed by atoms with E-state index in [0.717, 1.165) is 25.2 Å². The summed E-state index contributed by atoms with van der Waals surface area (Å²) in [6.07, 6.45) is 1.83. The van der Waals surface area contributed by atoms with Crippen LogP contribution in [0, 0.1) is 0 Å². The molecule has 1 aliphatic heterocycles. The van der Waals surface area contributed by atoms with Crippen LogP contribution in [0.1, 0.15) is 30.1 Å². The summed E-state index contributed by atoms with van der Waals surface area (Å²) in [5.41, 5.74) is 3.38. The van der Waals surface area contributed by atoms with Crippen LogP contribution >= 0.6 is 11.6 Å². The Morgan fingerprint density at radius 1 is 1.19 bits per heavy atom. The van der Waals surface area contributed by atoms with Crippen LogP contribution in [0.5, 0.6) is 0 Å². The van der Waals surface area contributed by atoms with E-state index in [0.29, 0.717) is 17.6 Å². The molecule has 2 aromatic carbocycles. The molecular formula is C22H30ClN3O. The van der Waals surface area contributed by atoms with Gasteiger partial charge in [-0.05, 0) is 62.3 Å². The van der Waals surface area contributed by atoms with Crippen LogP contribution in [0.25, 0.3) is 0 Å². The zero-order chi connectivity index (χ0) is 19.2. The highest BCUT2D eigenvalue weighted by Crippen LogP contribution is 2.25. The molecule has 0 radical (unpaired) electrons. The zero-order valence-corrected chi connectivity index (χ0v) is 17.0. The molecule has 5 heteroatoms. The van der Waals surface area contributed by atoms with Crippen molar-refractivity contribution < 1.29 is 5.11 Å². The second kappa shape index (κ2) is 9.56. The zero-order valence-electron chi connectivity index (χ0n) is 16.2. The minimum absolute atomic E-state index is 0.493. The van der Waals surface area contributed by atoms with E-state index in [1.165, 1.54) is 24.1 Å². The van der Waals surface area contributed by atoms with E-state index >= 15 is 0 Å². The van der Waals surface area contributed by atoms with Crippen LogP contribution in [0.2, 0.25) is 5.02 Å². The summed E-state index contributed by atoms with van der Waals surface area (Å²) < 4.78 is 0. The molecule has 4 nitrogen and oxygen atoms in total. The largest absolute Gasteiger partial charge is 0.387 e. The third-order valence-electron chi connectivity index (χ3n) is 5.49. The normalized spacial score (nSPS) is 17.0. The van der Waals surface area contributed by atoms with Gasteiger partial charge in [0, 0.05) is 36.9 Å². The van der Waals surface area contributed by atoms with Gasteiger partial charge in [-0.1, -0.05) is 41.9 Å². The quantitative estimate of drug-likeness (QED) is 0.759. The number of hydrogen-bond donors (Lipinski definition) is 2. The molecule has 0 spiro atoms. The Hall–Kier alpha value is -1.59. The van der Waals surface area contributed by atoms with Gasteiger partial charge in [0.2, 0.25) is 0 Å². The lowest BCUT2D eigenvalue weighted by Crippen LogP contribution is -2.42. The fourth-order valence-electron chi connectivity index (χ4n) is 3.76. The van der Waals surface area contributed by atoms with Crippen molar-refractivity contribution in [2.24, 2.45) is 0 Å². The van der Waals surface area contributed by atoms with Crippen molar-refractivity contribution in [1.29, 1.82) is 0 Å². The molecule has 0 saturated carbocycles. The second-order valence-electron chi connectivity index (χ2n) is 7.48. The molecular weight excluding hydrogens is 358 g/mol. The Morgan fingerprint density at radius 3 is 2.67 bits per heavy atom. The first-order valence-corrected chi connectivity index (χ1v) is 10.1. The number of halogens is 1. The maximum Gasteiger partial charge on any atom is 0.0915 e. The van der Waals surface area contributed by atoms with Gasteiger partial charge in [0.1, 0.15) is 0 Å². The highest BCUT2D eigenvalue weighted by atomic mass is 35.5. The third kappa shape index (κ3) is 5.45. The van der Waals surface area contributed by atoms with E-state index in [-0.39, 0.29) is 0 Å². The van der Waals surface area contributed by atoms with Crippen molar-refractivity contribution in [2.45, 2.75) is 31.5 Å². The van der Waals surface area contributed by atoms with Gasteiger partial charge in [0.05, 0.1) is 6.10 Å². The highest BCUT2D eigenvalue weighted by Gasteiger charge is 2.22. The van der Waals surface area contributed by atoms with Crippen molar-refractivity contribution in [2.75, 3.05) is 38.6 Å². The number of likely N-dealkylation sites (tertiary alicyclic amines) is 1. The molecule has 27 heavy (non-hydrogen) atoms. The average molecular weight is 388 g/mol. The van der Waals surface area contributed by atoms with E-state index in [1.807, 2.05) is 24.3 Å². The molecule has 0 aromatic heterocycles. The Balaban J connectivity index is 1.59. The number of aliphatic hydroxyl groups is 1. The summed E-state index contributed by atoms with van der Waals surface area (Å²) in [5, 5.41) is 14.4. The predicted octanol–water partition coefficient (Wildman–Crippen LogP) is 3.69. The number of aliphatic hydroxyl groups excluding tert-OH is 1. The number of nitrogens with one attached hydrogen (secondary N) is 1. The van der Waals surface area contributed by atoms with Gasteiger partial charge in [0.15, 0.2) is 0 Å². The first-order valence-electron chi connectivity index (χ1n) is 9.68. The summed E-state index contributed by atoms with van der Waals surface area (Å²) >= 11 is 6.02. The lowest BCUT2D eigenvalue weighted by molar-refractivity contribution is 0.174. The third-order valence-corrected chi connectivity index (χ3v) is 5.73. The first-order chi connectivity index (χ1) is 13.0. The van der Waals surface area contributed by atoms with E-state index in [4.69, 9.17) is 11.6 Å². The van der Waals surface area contributed by atoms with Gasteiger partial charge < -0.3 is 20.2 Å². The molecule has 1 fully saturated rings. The SMILES string of the molecule is CN1CCC(N(C)c2ccccc2CNC[C@@H](O)c2cccc(Cl)c2)CC1. The molecule has 0 amide bonds. The minimum atomic E-state index is -0.567. The van der Waals surface area contributed by atoms with Crippen LogP contribution < -0.4 is 10.2 Å². The predicted molar refractivity (Wildman–Crippen MR) is 113 cm³/mol.